The number of carboxylic acid groups (broad SMARTS) is 1. The van der Waals surface area contributed by atoms with E-state index in [9.17, 15) is 18.8 Å². The van der Waals surface area contributed by atoms with Gasteiger partial charge in [0.1, 0.15) is 11.4 Å². The van der Waals surface area contributed by atoms with E-state index in [0.717, 1.165) is 36.5 Å². The molecule has 0 radical (unpaired) electrons. The fourth-order valence-corrected chi connectivity index (χ4v) is 3.89. The Kier molecular flexibility index (Phi) is 5.51. The Bertz CT molecular complexity index is 1120. The number of nitrogens with zero attached hydrogens (tertiary/aromatic N) is 2. The number of carbonyl (C=O) groups excluding carboxylic acids is 2. The van der Waals surface area contributed by atoms with Crippen molar-refractivity contribution in [1.82, 2.24) is 5.32 Å². The Morgan fingerprint density at radius 1 is 1.06 bits per heavy atom. The van der Waals surface area contributed by atoms with Crippen LogP contribution in [0.3, 0.4) is 0 Å². The summed E-state index contributed by atoms with van der Waals surface area (Å²) in [5, 5.41) is 11.3. The average Bonchev–Trinajstić information content (AvgIpc) is 3.27. The summed E-state index contributed by atoms with van der Waals surface area (Å²) < 4.78 is 14.7. The molecule has 2 aliphatic rings. The lowest BCUT2D eigenvalue weighted by molar-refractivity contribution is -0.122. The molecule has 2 aromatic carbocycles. The van der Waals surface area contributed by atoms with Gasteiger partial charge in [0.05, 0.1) is 11.3 Å². The second kappa shape index (κ2) is 8.27. The summed E-state index contributed by atoms with van der Waals surface area (Å²) in [5.41, 5.74) is 0.923. The standard InChI is InChI=1S/C22H18FN3O4S/c23-18-12-16(25-9-1-2-10-25)8-5-14(18)11-17-19(27)24-22(31)26(20(17)28)15-6-3-13(4-7-15)21(29)30/h3-8,11-12H,1-2,9-10H2,(H,29,30)(H,24,27,31)/b17-11+. The van der Waals surface area contributed by atoms with E-state index in [-0.39, 0.29) is 27.5 Å². The molecular formula is C22H18FN3O4S. The minimum atomic E-state index is -1.11. The van der Waals surface area contributed by atoms with Crippen LogP contribution in [0.5, 0.6) is 0 Å². The molecule has 0 bridgehead atoms. The van der Waals surface area contributed by atoms with Crippen molar-refractivity contribution in [3.05, 3.63) is 65.0 Å². The van der Waals surface area contributed by atoms with Crippen molar-refractivity contribution in [3.63, 3.8) is 0 Å². The van der Waals surface area contributed by atoms with Gasteiger partial charge in [-0.3, -0.25) is 19.8 Å². The van der Waals surface area contributed by atoms with Gasteiger partial charge in [-0.15, -0.1) is 0 Å². The molecule has 2 fully saturated rings. The molecule has 0 aliphatic carbocycles. The smallest absolute Gasteiger partial charge is 0.335 e. The number of aromatic carboxylic acids is 1. The highest BCUT2D eigenvalue weighted by atomic mass is 32.1. The molecule has 0 spiro atoms. The van der Waals surface area contributed by atoms with Gasteiger partial charge in [-0.2, -0.15) is 0 Å². The largest absolute Gasteiger partial charge is 0.478 e. The molecule has 0 unspecified atom stereocenters. The molecule has 9 heteroatoms. The number of benzene rings is 2. The lowest BCUT2D eigenvalue weighted by atomic mass is 10.1. The third-order valence-corrected chi connectivity index (χ3v) is 5.51. The van der Waals surface area contributed by atoms with Gasteiger partial charge in [0.15, 0.2) is 5.11 Å². The number of halogens is 1. The summed E-state index contributed by atoms with van der Waals surface area (Å²) in [6.07, 6.45) is 3.32. The van der Waals surface area contributed by atoms with Gasteiger partial charge in [0, 0.05) is 24.3 Å². The molecule has 2 heterocycles. The van der Waals surface area contributed by atoms with Gasteiger partial charge in [0.2, 0.25) is 0 Å². The topological polar surface area (TPSA) is 90.0 Å². The van der Waals surface area contributed by atoms with Crippen LogP contribution in [-0.2, 0) is 9.59 Å². The van der Waals surface area contributed by atoms with Crippen LogP contribution < -0.4 is 15.1 Å². The maximum absolute atomic E-state index is 14.7. The molecule has 31 heavy (non-hydrogen) atoms. The molecule has 0 aromatic heterocycles. The predicted octanol–water partition coefficient (Wildman–Crippen LogP) is 2.96. The first-order chi connectivity index (χ1) is 14.8. The monoisotopic (exact) mass is 439 g/mol. The maximum Gasteiger partial charge on any atom is 0.335 e. The van der Waals surface area contributed by atoms with Crippen molar-refractivity contribution in [1.29, 1.82) is 0 Å². The van der Waals surface area contributed by atoms with Crippen molar-refractivity contribution in [3.8, 4) is 0 Å². The highest BCUT2D eigenvalue weighted by Gasteiger charge is 2.34. The quantitative estimate of drug-likeness (QED) is 0.433. The summed E-state index contributed by atoms with van der Waals surface area (Å²) in [4.78, 5) is 39.6. The number of thiocarbonyl (C=S) groups is 1. The fraction of sp³-hybridized carbons (Fsp3) is 0.182. The lowest BCUT2D eigenvalue weighted by Gasteiger charge is -2.29. The Balaban J connectivity index is 1.65. The normalized spacial score (nSPS) is 18.0. The van der Waals surface area contributed by atoms with Crippen LogP contribution in [0.25, 0.3) is 6.08 Å². The second-order valence-corrected chi connectivity index (χ2v) is 7.60. The molecule has 2 saturated heterocycles. The van der Waals surface area contributed by atoms with Crippen molar-refractivity contribution in [2.24, 2.45) is 0 Å². The number of carbonyl (C=O) groups is 3. The van der Waals surface area contributed by atoms with Crippen LogP contribution in [0.2, 0.25) is 0 Å². The molecule has 2 aromatic rings. The number of carboxylic acids is 1. The van der Waals surface area contributed by atoms with Crippen molar-refractivity contribution in [2.45, 2.75) is 12.8 Å². The van der Waals surface area contributed by atoms with Gasteiger partial charge in [0.25, 0.3) is 11.8 Å². The summed E-state index contributed by atoms with van der Waals surface area (Å²) >= 11 is 5.12. The van der Waals surface area contributed by atoms with E-state index >= 15 is 0 Å². The Hall–Kier alpha value is -3.59. The van der Waals surface area contributed by atoms with Gasteiger partial charge in [-0.25, -0.2) is 9.18 Å². The SMILES string of the molecule is O=C1NC(=S)N(c2ccc(C(=O)O)cc2)C(=O)/C1=C/c1ccc(N2CCCC2)cc1F. The molecule has 2 N–H and O–H groups in total. The molecule has 158 valence electrons. The molecule has 2 aliphatic heterocycles. The van der Waals surface area contributed by atoms with Gasteiger partial charge >= 0.3 is 5.97 Å². The number of hydrogen-bond acceptors (Lipinski definition) is 5. The highest BCUT2D eigenvalue weighted by Crippen LogP contribution is 2.26. The second-order valence-electron chi connectivity index (χ2n) is 7.21. The fourth-order valence-electron chi connectivity index (χ4n) is 3.61. The Morgan fingerprint density at radius 3 is 2.32 bits per heavy atom. The number of amides is 2. The van der Waals surface area contributed by atoms with Crippen molar-refractivity contribution >= 4 is 52.6 Å². The third-order valence-electron chi connectivity index (χ3n) is 5.23. The average molecular weight is 439 g/mol. The van der Waals surface area contributed by atoms with Crippen LogP contribution in [0.15, 0.2) is 48.0 Å². The molecule has 7 nitrogen and oxygen atoms in total. The summed E-state index contributed by atoms with van der Waals surface area (Å²) in [7, 11) is 0. The summed E-state index contributed by atoms with van der Waals surface area (Å²) in [6.45, 7) is 1.74. The molecule has 2 amide bonds. The molecule has 4 rings (SSSR count). The van der Waals surface area contributed by atoms with E-state index in [1.807, 2.05) is 0 Å². The number of rotatable bonds is 4. The van der Waals surface area contributed by atoms with Crippen LogP contribution >= 0.6 is 12.2 Å². The van der Waals surface area contributed by atoms with Crippen LogP contribution in [-0.4, -0.2) is 41.1 Å². The molecule has 0 atom stereocenters. The lowest BCUT2D eigenvalue weighted by Crippen LogP contribution is -2.54. The van der Waals surface area contributed by atoms with Gasteiger partial charge in [-0.1, -0.05) is 0 Å². The van der Waals surface area contributed by atoms with Crippen molar-refractivity contribution in [2.75, 3.05) is 22.9 Å². The van der Waals surface area contributed by atoms with E-state index in [0.29, 0.717) is 0 Å². The Morgan fingerprint density at radius 2 is 1.71 bits per heavy atom. The van der Waals surface area contributed by atoms with Crippen LogP contribution in [0.4, 0.5) is 15.8 Å². The van der Waals surface area contributed by atoms with E-state index in [4.69, 9.17) is 17.3 Å². The summed E-state index contributed by atoms with van der Waals surface area (Å²) in [5.74, 6) is -3.10. The highest BCUT2D eigenvalue weighted by molar-refractivity contribution is 7.80. The van der Waals surface area contributed by atoms with Crippen LogP contribution in [0, 0.1) is 5.82 Å². The van der Waals surface area contributed by atoms with Gasteiger partial charge < -0.3 is 10.0 Å². The first-order valence-corrected chi connectivity index (χ1v) is 10.1. The Labute approximate surface area is 182 Å². The van der Waals surface area contributed by atoms with Crippen molar-refractivity contribution < 1.29 is 23.9 Å². The summed E-state index contributed by atoms with van der Waals surface area (Å²) in [6, 6.07) is 10.2. The zero-order valence-corrected chi connectivity index (χ0v) is 17.1. The van der Waals surface area contributed by atoms with E-state index in [1.54, 1.807) is 6.07 Å². The number of nitrogens with one attached hydrogen (secondary N) is 1. The van der Waals surface area contributed by atoms with Crippen LogP contribution in [0.1, 0.15) is 28.8 Å². The number of hydrogen-bond donors (Lipinski definition) is 2. The molecule has 0 saturated carbocycles. The van der Waals surface area contributed by atoms with E-state index in [1.165, 1.54) is 42.5 Å². The zero-order chi connectivity index (χ0) is 22.1. The minimum absolute atomic E-state index is 0.0408. The zero-order valence-electron chi connectivity index (χ0n) is 16.3. The van der Waals surface area contributed by atoms with E-state index in [2.05, 4.69) is 10.2 Å². The first kappa shape index (κ1) is 20.7. The minimum Gasteiger partial charge on any atom is -0.478 e. The molecular weight excluding hydrogens is 421 g/mol. The van der Waals surface area contributed by atoms with E-state index < -0.39 is 23.6 Å². The third kappa shape index (κ3) is 4.04. The maximum atomic E-state index is 14.7. The number of anilines is 2. The predicted molar refractivity (Wildman–Crippen MR) is 117 cm³/mol. The van der Waals surface area contributed by atoms with Gasteiger partial charge in [-0.05, 0) is 73.6 Å². The first-order valence-electron chi connectivity index (χ1n) is 9.64.